The van der Waals surface area contributed by atoms with Crippen molar-refractivity contribution in [3.8, 4) is 0 Å². The monoisotopic (exact) mass is 362 g/mol. The van der Waals surface area contributed by atoms with Gasteiger partial charge in [-0.2, -0.15) is 11.8 Å². The average Bonchev–Trinajstić information content (AvgIpc) is 2.83. The Morgan fingerprint density at radius 3 is 2.83 bits per heavy atom. The number of anilines is 1. The smallest absolute Gasteiger partial charge is 0.270 e. The topological polar surface area (TPSA) is 79.8 Å². The van der Waals surface area contributed by atoms with Gasteiger partial charge in [0, 0.05) is 12.4 Å². The van der Waals surface area contributed by atoms with Gasteiger partial charge in [-0.25, -0.2) is 0 Å². The normalized spacial score (nSPS) is 21.8. The minimum atomic E-state index is -0.185. The number of fused-ring (bicyclic) bond motifs is 1. The Labute approximate surface area is 147 Å². The van der Waals surface area contributed by atoms with Crippen molar-refractivity contribution in [3.05, 3.63) is 46.0 Å². The molecule has 1 fully saturated rings. The predicted molar refractivity (Wildman–Crippen MR) is 97.8 cm³/mol. The Kier molecular flexibility index (Phi) is 4.41. The first kappa shape index (κ1) is 15.8. The highest BCUT2D eigenvalue weighted by atomic mass is 32.2. The maximum atomic E-state index is 12.7. The van der Waals surface area contributed by atoms with Crippen LogP contribution >= 0.6 is 23.5 Å². The van der Waals surface area contributed by atoms with Gasteiger partial charge in [0.15, 0.2) is 0 Å². The van der Waals surface area contributed by atoms with Gasteiger partial charge < -0.3 is 5.32 Å². The third-order valence-corrected chi connectivity index (χ3v) is 6.73. The zero-order valence-corrected chi connectivity index (χ0v) is 14.7. The molecule has 0 unspecified atom stereocenters. The molecule has 2 aliphatic rings. The van der Waals surface area contributed by atoms with Crippen molar-refractivity contribution in [2.24, 2.45) is 0 Å². The van der Waals surface area contributed by atoms with Crippen molar-refractivity contribution < 1.29 is 4.79 Å². The third kappa shape index (κ3) is 2.88. The van der Waals surface area contributed by atoms with E-state index in [9.17, 15) is 9.59 Å². The summed E-state index contributed by atoms with van der Waals surface area (Å²) in [5.41, 5.74) is 1.46. The maximum absolute atomic E-state index is 12.7. The minimum absolute atomic E-state index is 0.0643. The number of hydrogen-bond donors (Lipinski definition) is 2. The highest BCUT2D eigenvalue weighted by Gasteiger charge is 2.32. The summed E-state index contributed by atoms with van der Waals surface area (Å²) in [6.45, 7) is 0. The summed E-state index contributed by atoms with van der Waals surface area (Å²) in [4.78, 5) is 29.1. The first-order valence-electron chi connectivity index (χ1n) is 7.97. The fourth-order valence-electron chi connectivity index (χ4n) is 3.26. The quantitative estimate of drug-likeness (QED) is 0.858. The molecule has 1 saturated heterocycles. The molecule has 2 aliphatic heterocycles. The Hall–Kier alpha value is -1.67. The molecule has 0 radical (unpaired) electrons. The Bertz CT molecular complexity index is 796. The first-order valence-corrected chi connectivity index (χ1v) is 10.2. The lowest BCUT2D eigenvalue weighted by Crippen LogP contribution is -2.22. The van der Waals surface area contributed by atoms with Crippen LogP contribution in [0, 0.1) is 0 Å². The van der Waals surface area contributed by atoms with Crippen LogP contribution in [0.15, 0.2) is 29.3 Å². The summed E-state index contributed by atoms with van der Waals surface area (Å²) in [5, 5.41) is 5.75. The van der Waals surface area contributed by atoms with E-state index in [-0.39, 0.29) is 22.8 Å². The van der Waals surface area contributed by atoms with E-state index in [1.807, 2.05) is 28.6 Å². The average molecular weight is 362 g/mol. The lowest BCUT2D eigenvalue weighted by molar-refractivity contribution is -0.113. The first-order chi connectivity index (χ1) is 11.7. The molecule has 2 N–H and O–H groups in total. The van der Waals surface area contributed by atoms with Gasteiger partial charge in [-0.1, -0.05) is 6.07 Å². The number of carbonyl (C=O) groups excluding carboxylic acids is 1. The van der Waals surface area contributed by atoms with Crippen molar-refractivity contribution in [2.75, 3.05) is 22.6 Å². The molecule has 0 bridgehead atoms. The molecule has 126 valence electrons. The van der Waals surface area contributed by atoms with E-state index in [1.54, 1.807) is 12.4 Å². The van der Waals surface area contributed by atoms with Crippen LogP contribution in [0.1, 0.15) is 35.3 Å². The number of nitrogens with zero attached hydrogens (tertiary/aromatic N) is 2. The van der Waals surface area contributed by atoms with Crippen LogP contribution in [-0.4, -0.2) is 37.9 Å². The predicted octanol–water partition coefficient (Wildman–Crippen LogP) is 2.41. The van der Waals surface area contributed by atoms with E-state index in [0.717, 1.165) is 29.9 Å². The van der Waals surface area contributed by atoms with Gasteiger partial charge >= 0.3 is 0 Å². The van der Waals surface area contributed by atoms with E-state index in [0.29, 0.717) is 17.1 Å². The maximum Gasteiger partial charge on any atom is 0.270 e. The molecule has 0 aromatic carbocycles. The summed E-state index contributed by atoms with van der Waals surface area (Å²) in [6, 6.07) is 4.05. The standard InChI is InChI=1S/C16H18N4O2S2/c21-12-9-24-14(10-2-1-5-17-8-10)13-15(18-12)20(19-16(13)22)11-3-6-23-7-4-11/h1-2,5,8,11,14H,3-4,6-7,9H2,(H,18,21)(H,19,22)/t14-/m0/s1. The fourth-order valence-corrected chi connectivity index (χ4v) is 5.44. The van der Waals surface area contributed by atoms with Gasteiger partial charge in [-0.3, -0.25) is 24.4 Å². The van der Waals surface area contributed by atoms with Gasteiger partial charge in [0.2, 0.25) is 5.91 Å². The highest BCUT2D eigenvalue weighted by Crippen LogP contribution is 2.41. The van der Waals surface area contributed by atoms with Crippen molar-refractivity contribution in [3.63, 3.8) is 0 Å². The van der Waals surface area contributed by atoms with Gasteiger partial charge in [0.25, 0.3) is 5.56 Å². The van der Waals surface area contributed by atoms with Crippen molar-refractivity contribution in [1.29, 1.82) is 0 Å². The van der Waals surface area contributed by atoms with Crippen molar-refractivity contribution >= 4 is 35.2 Å². The SMILES string of the molecule is O=C1CS[C@@H](c2cccnc2)c2c(n(C3CCSCC3)[nH]c2=O)N1. The molecule has 6 nitrogen and oxygen atoms in total. The number of carbonyl (C=O) groups is 1. The largest absolute Gasteiger partial charge is 0.310 e. The van der Waals surface area contributed by atoms with Crippen LogP contribution in [0.3, 0.4) is 0 Å². The molecule has 0 spiro atoms. The van der Waals surface area contributed by atoms with Crippen LogP contribution < -0.4 is 10.9 Å². The number of hydrogen-bond acceptors (Lipinski definition) is 5. The number of nitrogens with one attached hydrogen (secondary N) is 2. The molecule has 4 rings (SSSR count). The number of thioether (sulfide) groups is 2. The summed E-state index contributed by atoms with van der Waals surface area (Å²) in [7, 11) is 0. The Morgan fingerprint density at radius 2 is 2.08 bits per heavy atom. The van der Waals surface area contributed by atoms with Crippen LogP contribution in [0.2, 0.25) is 0 Å². The Morgan fingerprint density at radius 1 is 1.25 bits per heavy atom. The van der Waals surface area contributed by atoms with Crippen molar-refractivity contribution in [1.82, 2.24) is 14.8 Å². The summed E-state index contributed by atoms with van der Waals surface area (Å²) in [5.74, 6) is 3.06. The number of amides is 1. The van der Waals surface area contributed by atoms with E-state index in [1.165, 1.54) is 11.8 Å². The molecule has 0 aliphatic carbocycles. The fraction of sp³-hybridized carbons (Fsp3) is 0.438. The summed E-state index contributed by atoms with van der Waals surface area (Å²) < 4.78 is 1.89. The van der Waals surface area contributed by atoms with Gasteiger partial charge in [0.05, 0.1) is 22.6 Å². The Balaban J connectivity index is 1.82. The number of aromatic amines is 1. The molecule has 24 heavy (non-hydrogen) atoms. The van der Waals surface area contributed by atoms with Crippen LogP contribution in [0.25, 0.3) is 0 Å². The lowest BCUT2D eigenvalue weighted by atomic mass is 10.1. The molecular weight excluding hydrogens is 344 g/mol. The van der Waals surface area contributed by atoms with Crippen LogP contribution in [0.5, 0.6) is 0 Å². The van der Waals surface area contributed by atoms with Gasteiger partial charge in [0.1, 0.15) is 5.82 Å². The summed E-state index contributed by atoms with van der Waals surface area (Å²) in [6.07, 6.45) is 5.49. The summed E-state index contributed by atoms with van der Waals surface area (Å²) >= 11 is 3.41. The molecule has 2 aromatic heterocycles. The van der Waals surface area contributed by atoms with Gasteiger partial charge in [-0.05, 0) is 36.0 Å². The van der Waals surface area contributed by atoms with E-state index < -0.39 is 0 Å². The second-order valence-corrected chi connectivity index (χ2v) is 8.26. The number of aromatic nitrogens is 3. The zero-order chi connectivity index (χ0) is 16.5. The second-order valence-electron chi connectivity index (χ2n) is 5.94. The van der Waals surface area contributed by atoms with E-state index in [2.05, 4.69) is 15.4 Å². The zero-order valence-electron chi connectivity index (χ0n) is 13.0. The highest BCUT2D eigenvalue weighted by molar-refractivity contribution is 8.00. The molecule has 1 atom stereocenters. The minimum Gasteiger partial charge on any atom is -0.310 e. The van der Waals surface area contributed by atoms with Crippen molar-refractivity contribution in [2.45, 2.75) is 24.1 Å². The molecule has 8 heteroatoms. The molecule has 0 saturated carbocycles. The lowest BCUT2D eigenvalue weighted by Gasteiger charge is -2.24. The molecular formula is C16H18N4O2S2. The third-order valence-electron chi connectivity index (χ3n) is 4.41. The number of H-pyrrole nitrogens is 1. The molecule has 2 aromatic rings. The van der Waals surface area contributed by atoms with Crippen LogP contribution in [0.4, 0.5) is 5.82 Å². The molecule has 1 amide bonds. The van der Waals surface area contributed by atoms with E-state index >= 15 is 0 Å². The van der Waals surface area contributed by atoms with Crippen LogP contribution in [-0.2, 0) is 4.79 Å². The number of rotatable bonds is 2. The second kappa shape index (κ2) is 6.68. The van der Waals surface area contributed by atoms with E-state index in [4.69, 9.17) is 0 Å². The van der Waals surface area contributed by atoms with Gasteiger partial charge in [-0.15, -0.1) is 11.8 Å². The number of pyridine rings is 1. The molecule has 4 heterocycles.